The quantitative estimate of drug-likeness (QED) is 0.608. The second kappa shape index (κ2) is 3.38. The molecule has 2 heterocycles. The average molecular weight is 187 g/mol. The summed E-state index contributed by atoms with van der Waals surface area (Å²) in [5.41, 5.74) is 0. The maximum absolute atomic E-state index is 11.1. The minimum absolute atomic E-state index is 0.396. The van der Waals surface area contributed by atoms with E-state index in [0.717, 1.165) is 0 Å². The molecule has 1 unspecified atom stereocenters. The molecule has 5 heteroatoms. The van der Waals surface area contributed by atoms with Crippen LogP contribution in [0.5, 0.6) is 0 Å². The van der Waals surface area contributed by atoms with Crippen molar-refractivity contribution < 1.29 is 13.8 Å². The van der Waals surface area contributed by atoms with Crippen molar-refractivity contribution in [3.63, 3.8) is 0 Å². The van der Waals surface area contributed by atoms with Crippen LogP contribution in [0.15, 0.2) is 22.8 Å². The summed E-state index contributed by atoms with van der Waals surface area (Å²) in [4.78, 5) is 5.24. The van der Waals surface area contributed by atoms with Crippen molar-refractivity contribution in [2.24, 2.45) is 0 Å². The lowest BCUT2D eigenvalue weighted by Gasteiger charge is -2.26. The average Bonchev–Trinajstić information content (AvgIpc) is 2.56. The second-order valence-electron chi connectivity index (χ2n) is 2.44. The normalized spacial score (nSPS) is 24.4. The zero-order valence-corrected chi connectivity index (χ0v) is 7.25. The Kier molecular flexibility index (Phi) is 2.25. The number of hydrogen-bond acceptors (Lipinski definition) is 4. The molecule has 1 atom stereocenters. The molecule has 1 aliphatic rings. The monoisotopic (exact) mass is 187 g/mol. The maximum Gasteiger partial charge on any atom is 0.223 e. The molecule has 12 heavy (non-hydrogen) atoms. The molecule has 1 fully saturated rings. The number of rotatable bonds is 1. The van der Waals surface area contributed by atoms with Gasteiger partial charge in [0, 0.05) is 6.07 Å². The Morgan fingerprint density at radius 3 is 3.17 bits per heavy atom. The predicted octanol–water partition coefficient (Wildman–Crippen LogP) is 0.737. The Balaban J connectivity index is 2.04. The van der Waals surface area contributed by atoms with E-state index in [-0.39, 0.29) is 0 Å². The predicted molar refractivity (Wildman–Crippen MR) is 45.0 cm³/mol. The van der Waals surface area contributed by atoms with E-state index in [9.17, 15) is 4.55 Å². The molecule has 1 aliphatic heterocycles. The van der Waals surface area contributed by atoms with E-state index in [4.69, 9.17) is 9.25 Å². The van der Waals surface area contributed by atoms with Crippen molar-refractivity contribution in [2.75, 3.05) is 23.3 Å². The van der Waals surface area contributed by atoms with Gasteiger partial charge in [-0.3, -0.25) is 4.84 Å². The molecule has 1 aromatic rings. The van der Waals surface area contributed by atoms with Crippen LogP contribution in [0.2, 0.25) is 0 Å². The molecule has 0 bridgehead atoms. The fraction of sp³-hybridized carbons (Fsp3) is 0.429. The zero-order valence-electron chi connectivity index (χ0n) is 6.43. The Bertz CT molecular complexity index is 239. The lowest BCUT2D eigenvalue weighted by molar-refractivity contribution is 0.113. The summed E-state index contributed by atoms with van der Waals surface area (Å²) in [7, 11) is 0. The van der Waals surface area contributed by atoms with E-state index in [2.05, 4.69) is 0 Å². The molecular weight excluding hydrogens is 178 g/mol. The highest BCUT2D eigenvalue weighted by Gasteiger charge is 2.22. The summed E-state index contributed by atoms with van der Waals surface area (Å²) < 4.78 is 16.2. The van der Waals surface area contributed by atoms with Crippen molar-refractivity contribution in [2.45, 2.75) is 0 Å². The van der Waals surface area contributed by atoms with E-state index in [0.29, 0.717) is 24.1 Å². The topological polar surface area (TPSA) is 48.7 Å². The molecule has 0 aromatic carbocycles. The van der Waals surface area contributed by atoms with Gasteiger partial charge in [-0.15, -0.1) is 0 Å². The molecule has 4 nitrogen and oxygen atoms in total. The Morgan fingerprint density at radius 1 is 1.58 bits per heavy atom. The lowest BCUT2D eigenvalue weighted by Crippen LogP contribution is -2.38. The summed E-state index contributed by atoms with van der Waals surface area (Å²) in [5, 5.41) is 1.53. The van der Waals surface area contributed by atoms with Gasteiger partial charge in [0.15, 0.2) is 0 Å². The molecule has 0 radical (unpaired) electrons. The fourth-order valence-corrected chi connectivity index (χ4v) is 1.86. The molecule has 2 rings (SSSR count). The highest BCUT2D eigenvalue weighted by molar-refractivity contribution is 7.91. The Labute approximate surface area is 73.2 Å². The molecule has 1 aromatic heterocycles. The van der Waals surface area contributed by atoms with Crippen LogP contribution in [0, 0.1) is 0 Å². The molecule has 1 saturated heterocycles. The number of nitrogens with zero attached hydrogens (tertiary/aromatic N) is 1. The van der Waals surface area contributed by atoms with Crippen molar-refractivity contribution in [3.05, 3.63) is 18.4 Å². The first-order chi connectivity index (χ1) is 5.86. The van der Waals surface area contributed by atoms with Gasteiger partial charge in [0.05, 0.1) is 6.26 Å². The smallest absolute Gasteiger partial charge is 0.223 e. The van der Waals surface area contributed by atoms with E-state index in [1.54, 1.807) is 18.4 Å². The van der Waals surface area contributed by atoms with Crippen LogP contribution >= 0.6 is 0 Å². The maximum atomic E-state index is 11.1. The van der Waals surface area contributed by atoms with Gasteiger partial charge in [-0.2, -0.15) is 5.06 Å². The van der Waals surface area contributed by atoms with E-state index >= 15 is 0 Å². The van der Waals surface area contributed by atoms with E-state index < -0.39 is 11.2 Å². The third-order valence-corrected chi connectivity index (χ3v) is 2.72. The van der Waals surface area contributed by atoms with Crippen molar-refractivity contribution in [3.8, 4) is 0 Å². The minimum Gasteiger partial charge on any atom is -0.615 e. The van der Waals surface area contributed by atoms with Gasteiger partial charge in [-0.05, 0) is 17.2 Å². The largest absolute Gasteiger partial charge is 0.615 e. The van der Waals surface area contributed by atoms with Crippen LogP contribution in [-0.2, 0) is 16.0 Å². The summed E-state index contributed by atoms with van der Waals surface area (Å²) in [5.74, 6) is 1.62. The van der Waals surface area contributed by atoms with Crippen LogP contribution in [0.1, 0.15) is 0 Å². The van der Waals surface area contributed by atoms with Gasteiger partial charge in [-0.25, -0.2) is 0 Å². The van der Waals surface area contributed by atoms with Crippen molar-refractivity contribution in [1.29, 1.82) is 0 Å². The molecule has 0 amide bonds. The molecular formula is C7H9NO3S. The molecule has 0 N–H and O–H groups in total. The lowest BCUT2D eigenvalue weighted by atomic mass is 10.6. The van der Waals surface area contributed by atoms with Crippen LogP contribution in [0.25, 0.3) is 0 Å². The minimum atomic E-state index is -0.814. The molecule has 0 aliphatic carbocycles. The Hall–Kier alpha value is -0.650. The molecule has 0 saturated carbocycles. The standard InChI is InChI=1S/C7H9NO3S/c9-12-5-4-11-8(6-12)7-2-1-3-10-7/h1-3H,4-6H2. The van der Waals surface area contributed by atoms with Crippen molar-refractivity contribution >= 4 is 17.1 Å². The van der Waals surface area contributed by atoms with Crippen LogP contribution < -0.4 is 5.06 Å². The van der Waals surface area contributed by atoms with Gasteiger partial charge >= 0.3 is 0 Å². The number of furan rings is 1. The fourth-order valence-electron chi connectivity index (χ4n) is 1.01. The Morgan fingerprint density at radius 2 is 2.50 bits per heavy atom. The van der Waals surface area contributed by atoms with Gasteiger partial charge in [0.1, 0.15) is 12.4 Å². The zero-order chi connectivity index (χ0) is 8.39. The van der Waals surface area contributed by atoms with Gasteiger partial charge in [0.25, 0.3) is 0 Å². The van der Waals surface area contributed by atoms with Crippen LogP contribution in [0.4, 0.5) is 5.88 Å². The number of hydrogen-bond donors (Lipinski definition) is 0. The molecule has 66 valence electrons. The van der Waals surface area contributed by atoms with E-state index in [1.807, 2.05) is 0 Å². The first-order valence-corrected chi connectivity index (χ1v) is 5.14. The van der Waals surface area contributed by atoms with E-state index in [1.165, 1.54) is 5.06 Å². The summed E-state index contributed by atoms with van der Waals surface area (Å²) in [6.45, 7) is 0.493. The highest BCUT2D eigenvalue weighted by atomic mass is 32.2. The summed E-state index contributed by atoms with van der Waals surface area (Å²) in [6.07, 6.45) is 1.57. The summed E-state index contributed by atoms with van der Waals surface area (Å²) >= 11 is -0.814. The second-order valence-corrected chi connectivity index (χ2v) is 3.98. The van der Waals surface area contributed by atoms with Gasteiger partial charge in [-0.1, -0.05) is 0 Å². The third kappa shape index (κ3) is 1.57. The van der Waals surface area contributed by atoms with Gasteiger partial charge in [0.2, 0.25) is 11.8 Å². The first-order valence-electron chi connectivity index (χ1n) is 3.65. The first kappa shape index (κ1) is 7.97. The third-order valence-electron chi connectivity index (χ3n) is 1.57. The number of hydroxylamine groups is 1. The highest BCUT2D eigenvalue weighted by Crippen LogP contribution is 2.18. The van der Waals surface area contributed by atoms with Crippen LogP contribution in [-0.4, -0.2) is 22.8 Å². The van der Waals surface area contributed by atoms with Gasteiger partial charge < -0.3 is 8.97 Å². The van der Waals surface area contributed by atoms with Crippen molar-refractivity contribution in [1.82, 2.24) is 0 Å². The number of anilines is 1. The molecule has 0 spiro atoms. The SMILES string of the molecule is [O-][S+]1CCON(c2ccco2)C1. The van der Waals surface area contributed by atoms with Crippen LogP contribution in [0.3, 0.4) is 0 Å². The summed E-state index contributed by atoms with van der Waals surface area (Å²) in [6, 6.07) is 3.55.